The van der Waals surface area contributed by atoms with Crippen LogP contribution < -0.4 is 0 Å². The normalized spacial score (nSPS) is 14.7. The van der Waals surface area contributed by atoms with Crippen molar-refractivity contribution >= 4 is 24.4 Å². The Morgan fingerprint density at radius 2 is 0.514 bits per heavy atom. The van der Waals surface area contributed by atoms with Crippen LogP contribution in [0.1, 0.15) is 86.5 Å². The van der Waals surface area contributed by atoms with Crippen LogP contribution in [-0.4, -0.2) is 189 Å². The van der Waals surface area contributed by atoms with Gasteiger partial charge in [-0.05, 0) is 139 Å². The van der Waals surface area contributed by atoms with Crippen molar-refractivity contribution < 1.29 is 39.6 Å². The standard InChI is InChI=1S/C58H84N8O8/c67-55(68)63(47-51-23-5-1-6-24-51)39-17-13-31-59-35-21-36-61(33-15-19-41-65(57(71)72)49-53-27-9-3-10-28-53)45-46-62(34-16-20-42-66(58(73)74)50-54-29-11-4-12-30-54)38-22-37-60(44-43-59)32-14-18-40-64(56(69)70)48-52-25-7-2-8-26-52/h1-12,23-30H,13-22,31-50H2,(H,67,68)(H,69,70)(H,71,72)(H,73,74). The Morgan fingerprint density at radius 3 is 0.703 bits per heavy atom. The van der Waals surface area contributed by atoms with E-state index in [0.717, 1.165) is 165 Å². The molecule has 5 rings (SSSR count). The average Bonchev–Trinajstić information content (AvgIpc) is 3.40. The zero-order chi connectivity index (χ0) is 52.6. The quantitative estimate of drug-likeness (QED) is 0.0397. The van der Waals surface area contributed by atoms with Crippen molar-refractivity contribution in [2.45, 2.75) is 90.4 Å². The summed E-state index contributed by atoms with van der Waals surface area (Å²) in [5, 5.41) is 40.1. The highest BCUT2D eigenvalue weighted by molar-refractivity contribution is 5.66. The number of rotatable bonds is 28. The number of amides is 4. The van der Waals surface area contributed by atoms with Crippen LogP contribution in [0.5, 0.6) is 0 Å². The molecule has 4 N–H and O–H groups in total. The fourth-order valence-electron chi connectivity index (χ4n) is 9.68. The summed E-state index contributed by atoms with van der Waals surface area (Å²) in [4.78, 5) is 65.1. The summed E-state index contributed by atoms with van der Waals surface area (Å²) >= 11 is 0. The van der Waals surface area contributed by atoms with Gasteiger partial charge in [-0.15, -0.1) is 0 Å². The molecule has 1 aliphatic rings. The fourth-order valence-corrected chi connectivity index (χ4v) is 9.68. The third kappa shape index (κ3) is 23.8. The molecule has 0 saturated carbocycles. The predicted molar refractivity (Wildman–Crippen MR) is 291 cm³/mol. The Balaban J connectivity index is 1.24. The molecule has 404 valence electrons. The van der Waals surface area contributed by atoms with Crippen LogP contribution in [0.15, 0.2) is 121 Å². The molecule has 0 spiro atoms. The first-order valence-corrected chi connectivity index (χ1v) is 27.0. The van der Waals surface area contributed by atoms with Crippen molar-refractivity contribution in [2.75, 3.05) is 105 Å². The maximum Gasteiger partial charge on any atom is 0.407 e. The lowest BCUT2D eigenvalue weighted by Gasteiger charge is -2.32. The van der Waals surface area contributed by atoms with Gasteiger partial charge in [-0.2, -0.15) is 0 Å². The number of hydrogen-bond donors (Lipinski definition) is 4. The number of unbranched alkanes of at least 4 members (excludes halogenated alkanes) is 4. The summed E-state index contributed by atoms with van der Waals surface area (Å²) in [6.45, 7) is 13.7. The van der Waals surface area contributed by atoms with E-state index in [9.17, 15) is 39.6 Å². The lowest BCUT2D eigenvalue weighted by molar-refractivity contribution is 0.133. The van der Waals surface area contributed by atoms with Gasteiger partial charge >= 0.3 is 24.4 Å². The van der Waals surface area contributed by atoms with E-state index >= 15 is 0 Å². The predicted octanol–water partition coefficient (Wildman–Crippen LogP) is 9.83. The summed E-state index contributed by atoms with van der Waals surface area (Å²) in [6, 6.07) is 38.8. The average molecular weight is 1020 g/mol. The molecule has 0 radical (unpaired) electrons. The maximum atomic E-state index is 12.2. The highest BCUT2D eigenvalue weighted by Crippen LogP contribution is 2.14. The molecule has 0 aliphatic carbocycles. The minimum Gasteiger partial charge on any atom is -0.465 e. The van der Waals surface area contributed by atoms with Crippen LogP contribution >= 0.6 is 0 Å². The molecule has 0 atom stereocenters. The maximum absolute atomic E-state index is 12.2. The van der Waals surface area contributed by atoms with E-state index in [1.807, 2.05) is 121 Å². The molecule has 1 saturated heterocycles. The van der Waals surface area contributed by atoms with E-state index in [1.54, 1.807) is 0 Å². The zero-order valence-electron chi connectivity index (χ0n) is 43.8. The van der Waals surface area contributed by atoms with Crippen molar-refractivity contribution in [3.63, 3.8) is 0 Å². The number of nitrogens with zero attached hydrogens (tertiary/aromatic N) is 8. The van der Waals surface area contributed by atoms with E-state index in [4.69, 9.17) is 0 Å². The Labute approximate surface area is 440 Å². The van der Waals surface area contributed by atoms with Gasteiger partial charge in [0.1, 0.15) is 0 Å². The van der Waals surface area contributed by atoms with E-state index in [-0.39, 0.29) is 0 Å². The molecule has 0 bridgehead atoms. The van der Waals surface area contributed by atoms with Gasteiger partial charge in [-0.1, -0.05) is 121 Å². The molecule has 4 aromatic carbocycles. The summed E-state index contributed by atoms with van der Waals surface area (Å²) < 4.78 is 0. The summed E-state index contributed by atoms with van der Waals surface area (Å²) in [7, 11) is 0. The van der Waals surface area contributed by atoms with Gasteiger partial charge in [0.05, 0.1) is 0 Å². The van der Waals surface area contributed by atoms with Crippen LogP contribution in [0.3, 0.4) is 0 Å². The van der Waals surface area contributed by atoms with Crippen LogP contribution in [-0.2, 0) is 26.2 Å². The van der Waals surface area contributed by atoms with Crippen molar-refractivity contribution in [2.24, 2.45) is 0 Å². The molecule has 16 nitrogen and oxygen atoms in total. The van der Waals surface area contributed by atoms with E-state index in [1.165, 1.54) is 19.6 Å². The Kier molecular flexibility index (Phi) is 27.2. The van der Waals surface area contributed by atoms with Crippen LogP contribution in [0.4, 0.5) is 19.2 Å². The highest BCUT2D eigenvalue weighted by atomic mass is 16.4. The molecule has 0 unspecified atom stereocenters. The Bertz CT molecular complexity index is 1860. The molecule has 4 aromatic rings. The van der Waals surface area contributed by atoms with Crippen molar-refractivity contribution in [3.05, 3.63) is 144 Å². The summed E-state index contributed by atoms with van der Waals surface area (Å²) in [6.07, 6.45) is 4.71. The van der Waals surface area contributed by atoms with Gasteiger partial charge in [-0.3, -0.25) is 0 Å². The van der Waals surface area contributed by atoms with Gasteiger partial charge in [-0.25, -0.2) is 19.2 Å². The number of benzene rings is 4. The fraction of sp³-hybridized carbons (Fsp3) is 0.517. The molecular formula is C58H84N8O8. The first-order chi connectivity index (χ1) is 36.0. The summed E-state index contributed by atoms with van der Waals surface area (Å²) in [5.74, 6) is 0. The molecule has 16 heteroatoms. The lowest BCUT2D eigenvalue weighted by atomic mass is 10.2. The van der Waals surface area contributed by atoms with Gasteiger partial charge in [0.15, 0.2) is 0 Å². The summed E-state index contributed by atoms with van der Waals surface area (Å²) in [5.41, 5.74) is 3.88. The molecule has 4 amide bonds. The van der Waals surface area contributed by atoms with Gasteiger partial charge in [0.25, 0.3) is 0 Å². The first-order valence-electron chi connectivity index (χ1n) is 27.0. The third-order valence-electron chi connectivity index (χ3n) is 13.9. The Hall–Kier alpha value is -6.20. The SMILES string of the molecule is O=C(O)N(CCCCN1CCCN(CCCCN(Cc2ccccc2)C(=O)O)CCN(CCCCN(Cc2ccccc2)C(=O)O)CCCN(CCCCN(Cc2ccccc2)C(=O)O)CC1)Cc1ccccc1. The van der Waals surface area contributed by atoms with Crippen molar-refractivity contribution in [1.82, 2.24) is 39.2 Å². The van der Waals surface area contributed by atoms with Gasteiger partial charge in [0.2, 0.25) is 0 Å². The monoisotopic (exact) mass is 1020 g/mol. The van der Waals surface area contributed by atoms with Gasteiger partial charge < -0.3 is 59.6 Å². The Morgan fingerprint density at radius 1 is 0.311 bits per heavy atom. The smallest absolute Gasteiger partial charge is 0.407 e. The number of hydrogen-bond acceptors (Lipinski definition) is 8. The number of carbonyl (C=O) groups is 4. The molecule has 1 fully saturated rings. The molecule has 74 heavy (non-hydrogen) atoms. The molecule has 1 heterocycles. The van der Waals surface area contributed by atoms with Gasteiger partial charge in [0, 0.05) is 78.5 Å². The van der Waals surface area contributed by atoms with Crippen LogP contribution in [0, 0.1) is 0 Å². The molecular weight excluding hydrogens is 937 g/mol. The lowest BCUT2D eigenvalue weighted by Crippen LogP contribution is -2.42. The zero-order valence-corrected chi connectivity index (χ0v) is 43.8. The highest BCUT2D eigenvalue weighted by Gasteiger charge is 2.19. The van der Waals surface area contributed by atoms with Crippen LogP contribution in [0.25, 0.3) is 0 Å². The van der Waals surface area contributed by atoms with Crippen molar-refractivity contribution in [1.29, 1.82) is 0 Å². The molecule has 1 aliphatic heterocycles. The van der Waals surface area contributed by atoms with E-state index in [0.29, 0.717) is 52.4 Å². The second-order valence-electron chi connectivity index (χ2n) is 19.7. The van der Waals surface area contributed by atoms with Crippen LogP contribution in [0.2, 0.25) is 0 Å². The minimum atomic E-state index is -0.913. The topological polar surface area (TPSA) is 175 Å². The second-order valence-corrected chi connectivity index (χ2v) is 19.7. The van der Waals surface area contributed by atoms with E-state index in [2.05, 4.69) is 19.6 Å². The third-order valence-corrected chi connectivity index (χ3v) is 13.9. The first kappa shape index (κ1) is 58.7. The number of carboxylic acid groups (broad SMARTS) is 4. The minimum absolute atomic E-state index is 0.359. The van der Waals surface area contributed by atoms with Crippen molar-refractivity contribution in [3.8, 4) is 0 Å². The second kappa shape index (κ2) is 34.3. The molecule has 0 aromatic heterocycles. The van der Waals surface area contributed by atoms with E-state index < -0.39 is 24.4 Å². The largest absolute Gasteiger partial charge is 0.465 e.